The van der Waals surface area contributed by atoms with E-state index in [2.05, 4.69) is 41.3 Å². The second-order valence-electron chi connectivity index (χ2n) is 7.57. The number of nitrogens with zero attached hydrogens (tertiary/aromatic N) is 2. The Hall–Kier alpha value is -2.53. The van der Waals surface area contributed by atoms with Crippen LogP contribution in [0.5, 0.6) is 5.75 Å². The van der Waals surface area contributed by atoms with Crippen LogP contribution in [0.25, 0.3) is 11.1 Å². The molecule has 0 atom stereocenters. The van der Waals surface area contributed by atoms with Gasteiger partial charge in [-0.1, -0.05) is 18.2 Å². The summed E-state index contributed by atoms with van der Waals surface area (Å²) in [6.07, 6.45) is 1.42. The van der Waals surface area contributed by atoms with Gasteiger partial charge in [-0.25, -0.2) is 0 Å². The molecular formula is C22H26N2O3. The fraction of sp³-hybridized carbons (Fsp3) is 0.409. The number of carbonyl (C=O) groups is 1. The average Bonchev–Trinajstić information content (AvgIpc) is 2.68. The number of ether oxygens (including phenoxy) is 2. The highest BCUT2D eigenvalue weighted by Gasteiger charge is 2.41. The molecule has 0 saturated carbocycles. The molecule has 2 aromatic rings. The maximum atomic E-state index is 11.5. The number of hydrogen-bond acceptors (Lipinski definition) is 4. The van der Waals surface area contributed by atoms with E-state index in [4.69, 9.17) is 9.47 Å². The first-order chi connectivity index (χ1) is 13.0. The van der Waals surface area contributed by atoms with Gasteiger partial charge in [-0.3, -0.25) is 4.79 Å². The van der Waals surface area contributed by atoms with Gasteiger partial charge in [0.1, 0.15) is 5.75 Å². The molecule has 0 unspecified atom stereocenters. The van der Waals surface area contributed by atoms with Crippen LogP contribution in [0.2, 0.25) is 0 Å². The second-order valence-corrected chi connectivity index (χ2v) is 7.57. The minimum atomic E-state index is -0.589. The minimum absolute atomic E-state index is 0.117. The number of piperidine rings is 1. The Bertz CT molecular complexity index is 837. The van der Waals surface area contributed by atoms with Gasteiger partial charge in [-0.2, -0.15) is 0 Å². The lowest BCUT2D eigenvalue weighted by atomic mass is 9.99. The predicted octanol–water partition coefficient (Wildman–Crippen LogP) is 3.67. The van der Waals surface area contributed by atoms with Crippen molar-refractivity contribution >= 4 is 11.6 Å². The van der Waals surface area contributed by atoms with E-state index in [-0.39, 0.29) is 5.91 Å². The highest BCUT2D eigenvalue weighted by atomic mass is 16.7. The molecule has 0 aromatic heterocycles. The van der Waals surface area contributed by atoms with Crippen molar-refractivity contribution < 1.29 is 14.3 Å². The number of carbonyl (C=O) groups excluding carboxylic acids is 1. The van der Waals surface area contributed by atoms with E-state index < -0.39 is 5.79 Å². The highest BCUT2D eigenvalue weighted by Crippen LogP contribution is 2.39. The van der Waals surface area contributed by atoms with Crippen LogP contribution in [0.1, 0.15) is 25.3 Å². The highest BCUT2D eigenvalue weighted by molar-refractivity contribution is 5.73. The molecule has 142 valence electrons. The van der Waals surface area contributed by atoms with E-state index in [1.54, 1.807) is 6.92 Å². The normalized spacial score (nSPS) is 18.0. The molecule has 1 spiro atoms. The average molecular weight is 366 g/mol. The minimum Gasteiger partial charge on any atom is -0.462 e. The van der Waals surface area contributed by atoms with Gasteiger partial charge in [-0.15, -0.1) is 0 Å². The van der Waals surface area contributed by atoms with Gasteiger partial charge >= 0.3 is 0 Å². The largest absolute Gasteiger partial charge is 0.462 e. The second kappa shape index (κ2) is 6.89. The van der Waals surface area contributed by atoms with Crippen molar-refractivity contribution in [3.8, 4) is 16.9 Å². The molecular weight excluding hydrogens is 340 g/mol. The van der Waals surface area contributed by atoms with Crippen LogP contribution in [0, 0.1) is 0 Å². The van der Waals surface area contributed by atoms with E-state index in [0.717, 1.165) is 16.9 Å². The maximum absolute atomic E-state index is 11.5. The molecule has 4 rings (SSSR count). The number of hydrogen-bond donors (Lipinski definition) is 0. The van der Waals surface area contributed by atoms with Crippen LogP contribution in [0.4, 0.5) is 5.69 Å². The number of amides is 1. The first-order valence-electron chi connectivity index (χ1n) is 9.45. The number of likely N-dealkylation sites (tertiary alicyclic amines) is 1. The van der Waals surface area contributed by atoms with Gasteiger partial charge in [0.05, 0.1) is 6.61 Å². The zero-order valence-electron chi connectivity index (χ0n) is 16.2. The Morgan fingerprint density at radius 1 is 1.04 bits per heavy atom. The molecule has 1 amide bonds. The Kier molecular flexibility index (Phi) is 4.56. The van der Waals surface area contributed by atoms with Gasteiger partial charge < -0.3 is 19.3 Å². The summed E-state index contributed by atoms with van der Waals surface area (Å²) < 4.78 is 12.4. The summed E-state index contributed by atoms with van der Waals surface area (Å²) >= 11 is 0. The number of rotatable bonds is 2. The Morgan fingerprint density at radius 3 is 2.33 bits per heavy atom. The van der Waals surface area contributed by atoms with Crippen LogP contribution in [-0.4, -0.2) is 43.8 Å². The molecule has 2 aromatic carbocycles. The van der Waals surface area contributed by atoms with Gasteiger partial charge in [0.25, 0.3) is 0 Å². The zero-order valence-corrected chi connectivity index (χ0v) is 16.2. The molecule has 2 aliphatic heterocycles. The van der Waals surface area contributed by atoms with Gasteiger partial charge in [0.15, 0.2) is 0 Å². The molecule has 0 aliphatic carbocycles. The first kappa shape index (κ1) is 17.9. The maximum Gasteiger partial charge on any atom is 0.219 e. The quantitative estimate of drug-likeness (QED) is 0.813. The topological polar surface area (TPSA) is 42.0 Å². The van der Waals surface area contributed by atoms with Crippen LogP contribution in [0.3, 0.4) is 0 Å². The monoisotopic (exact) mass is 366 g/mol. The predicted molar refractivity (Wildman–Crippen MR) is 106 cm³/mol. The van der Waals surface area contributed by atoms with Crippen molar-refractivity contribution in [2.75, 3.05) is 32.1 Å². The van der Waals surface area contributed by atoms with Crippen molar-refractivity contribution in [1.29, 1.82) is 0 Å². The van der Waals surface area contributed by atoms with Crippen molar-refractivity contribution in [2.24, 2.45) is 0 Å². The van der Waals surface area contributed by atoms with Gasteiger partial charge in [0.2, 0.25) is 11.7 Å². The van der Waals surface area contributed by atoms with Crippen molar-refractivity contribution in [3.05, 3.63) is 48.0 Å². The van der Waals surface area contributed by atoms with Crippen molar-refractivity contribution in [3.63, 3.8) is 0 Å². The molecule has 2 aliphatic rings. The molecule has 2 heterocycles. The summed E-state index contributed by atoms with van der Waals surface area (Å²) in [4.78, 5) is 15.5. The molecule has 0 N–H and O–H groups in total. The Balaban J connectivity index is 1.51. The molecule has 5 heteroatoms. The summed E-state index contributed by atoms with van der Waals surface area (Å²) in [6.45, 7) is 3.52. The standard InChI is InChI=1S/C22H26N2O3/c1-16(25)24-12-10-22(11-13-24)26-15-19-14-18(6-9-21(19)27-22)17-4-7-20(8-5-17)23(2)3/h4-9,14H,10-13,15H2,1-3H3. The Morgan fingerprint density at radius 2 is 1.70 bits per heavy atom. The summed E-state index contributed by atoms with van der Waals surface area (Å²) in [6, 6.07) is 14.8. The lowest BCUT2D eigenvalue weighted by Gasteiger charge is -2.43. The van der Waals surface area contributed by atoms with Crippen molar-refractivity contribution in [2.45, 2.75) is 32.2 Å². The SMILES string of the molecule is CC(=O)N1CCC2(CC1)OCc1cc(-c3ccc(N(C)C)cc3)ccc1O2. The third kappa shape index (κ3) is 3.52. The van der Waals surface area contributed by atoms with E-state index in [9.17, 15) is 4.79 Å². The summed E-state index contributed by atoms with van der Waals surface area (Å²) in [5, 5.41) is 0. The number of fused-ring (bicyclic) bond motifs is 1. The van der Waals surface area contributed by atoms with E-state index in [1.807, 2.05) is 25.1 Å². The molecule has 1 fully saturated rings. The number of benzene rings is 2. The van der Waals surface area contributed by atoms with E-state index in [0.29, 0.717) is 32.5 Å². The third-order valence-corrected chi connectivity index (χ3v) is 5.53. The lowest BCUT2D eigenvalue weighted by Crippen LogP contribution is -2.52. The molecule has 1 saturated heterocycles. The fourth-order valence-electron chi connectivity index (χ4n) is 3.77. The van der Waals surface area contributed by atoms with Crippen LogP contribution in [0.15, 0.2) is 42.5 Å². The summed E-state index contributed by atoms with van der Waals surface area (Å²) in [5.74, 6) is 0.422. The smallest absolute Gasteiger partial charge is 0.219 e. The lowest BCUT2D eigenvalue weighted by molar-refractivity contribution is -0.227. The molecule has 5 nitrogen and oxygen atoms in total. The van der Waals surface area contributed by atoms with Gasteiger partial charge in [0, 0.05) is 58.2 Å². The third-order valence-electron chi connectivity index (χ3n) is 5.53. The van der Waals surface area contributed by atoms with Crippen LogP contribution < -0.4 is 9.64 Å². The number of anilines is 1. The molecule has 0 radical (unpaired) electrons. The first-order valence-corrected chi connectivity index (χ1v) is 9.45. The van der Waals surface area contributed by atoms with Crippen LogP contribution >= 0.6 is 0 Å². The van der Waals surface area contributed by atoms with Crippen molar-refractivity contribution in [1.82, 2.24) is 4.90 Å². The van der Waals surface area contributed by atoms with Crippen LogP contribution in [-0.2, 0) is 16.1 Å². The zero-order chi connectivity index (χ0) is 19.0. The van der Waals surface area contributed by atoms with E-state index >= 15 is 0 Å². The Labute approximate surface area is 160 Å². The summed E-state index contributed by atoms with van der Waals surface area (Å²) in [5.41, 5.74) is 4.60. The van der Waals surface area contributed by atoms with Gasteiger partial charge in [-0.05, 0) is 35.4 Å². The van der Waals surface area contributed by atoms with E-state index in [1.165, 1.54) is 11.3 Å². The molecule has 0 bridgehead atoms. The fourth-order valence-corrected chi connectivity index (χ4v) is 3.77. The summed E-state index contributed by atoms with van der Waals surface area (Å²) in [7, 11) is 4.08. The molecule has 27 heavy (non-hydrogen) atoms.